The number of hydrogen-bond acceptors (Lipinski definition) is 7. The third-order valence-electron chi connectivity index (χ3n) is 4.26. The van der Waals surface area contributed by atoms with Gasteiger partial charge in [0.2, 0.25) is 11.8 Å². The number of aromatic nitrogens is 2. The van der Waals surface area contributed by atoms with E-state index in [1.54, 1.807) is 13.0 Å². The smallest absolute Gasteiger partial charge is 0.247 e. The molecule has 0 unspecified atom stereocenters. The molecule has 0 aliphatic carbocycles. The summed E-state index contributed by atoms with van der Waals surface area (Å²) in [6.07, 6.45) is -0.765. The highest BCUT2D eigenvalue weighted by atomic mass is 32.1. The lowest BCUT2D eigenvalue weighted by Gasteiger charge is -2.20. The first-order valence-electron chi connectivity index (χ1n) is 8.41. The average molecular weight is 376 g/mol. The number of rotatable bonds is 5. The van der Waals surface area contributed by atoms with Crippen LogP contribution in [0.25, 0.3) is 21.5 Å². The van der Waals surface area contributed by atoms with Gasteiger partial charge >= 0.3 is 0 Å². The summed E-state index contributed by atoms with van der Waals surface area (Å²) in [5.74, 6) is 0.704. The Bertz CT molecular complexity index is 1110. The molecule has 27 heavy (non-hydrogen) atoms. The van der Waals surface area contributed by atoms with E-state index in [4.69, 9.17) is 4.42 Å². The molecule has 0 fully saturated rings. The van der Waals surface area contributed by atoms with E-state index in [0.29, 0.717) is 17.3 Å². The normalized spacial score (nSPS) is 13.2. The van der Waals surface area contributed by atoms with Gasteiger partial charge in [-0.05, 0) is 42.6 Å². The van der Waals surface area contributed by atoms with Gasteiger partial charge in [0.15, 0.2) is 0 Å². The lowest BCUT2D eigenvalue weighted by Crippen LogP contribution is -2.23. The van der Waals surface area contributed by atoms with E-state index in [1.165, 1.54) is 11.3 Å². The lowest BCUT2D eigenvalue weighted by atomic mass is 10.1. The number of fused-ring (bicyclic) bond motifs is 1. The minimum absolute atomic E-state index is 0.302. The first-order valence-corrected chi connectivity index (χ1v) is 9.29. The molecule has 2 heterocycles. The van der Waals surface area contributed by atoms with Gasteiger partial charge in [0, 0.05) is 16.6 Å². The number of hydrogen-bond donors (Lipinski definition) is 2. The molecule has 0 spiro atoms. The van der Waals surface area contributed by atoms with Gasteiger partial charge in [-0.3, -0.25) is 0 Å². The van der Waals surface area contributed by atoms with Crippen LogP contribution in [0.2, 0.25) is 0 Å². The Morgan fingerprint density at radius 1 is 1.15 bits per heavy atom. The lowest BCUT2D eigenvalue weighted by molar-refractivity contribution is 0.160. The zero-order valence-electron chi connectivity index (χ0n) is 14.5. The van der Waals surface area contributed by atoms with E-state index in [-0.39, 0.29) is 0 Å². The second kappa shape index (κ2) is 7.19. The molecule has 0 amide bonds. The van der Waals surface area contributed by atoms with Crippen molar-refractivity contribution in [2.45, 2.75) is 19.1 Å². The fourth-order valence-electron chi connectivity index (χ4n) is 2.89. The van der Waals surface area contributed by atoms with Crippen molar-refractivity contribution in [3.8, 4) is 17.5 Å². The molecule has 0 saturated heterocycles. The van der Waals surface area contributed by atoms with Gasteiger partial charge in [0.25, 0.3) is 0 Å². The van der Waals surface area contributed by atoms with Crippen LogP contribution in [0.15, 0.2) is 58.3 Å². The first kappa shape index (κ1) is 17.2. The molecule has 7 heteroatoms. The number of benzene rings is 2. The maximum absolute atomic E-state index is 10.3. The minimum Gasteiger partial charge on any atom is -0.418 e. The van der Waals surface area contributed by atoms with Crippen molar-refractivity contribution in [2.24, 2.45) is 0 Å². The number of nitrogens with one attached hydrogen (secondary N) is 1. The maximum atomic E-state index is 10.3. The van der Waals surface area contributed by atoms with E-state index in [2.05, 4.69) is 21.6 Å². The van der Waals surface area contributed by atoms with Crippen LogP contribution in [0.5, 0.6) is 0 Å². The molecular formula is C20H16N4O2S. The minimum atomic E-state index is -0.765. The summed E-state index contributed by atoms with van der Waals surface area (Å²) >= 11 is 1.51. The van der Waals surface area contributed by atoms with Crippen molar-refractivity contribution in [1.82, 2.24) is 10.2 Å². The summed E-state index contributed by atoms with van der Waals surface area (Å²) in [6, 6.07) is 16.7. The molecule has 134 valence electrons. The van der Waals surface area contributed by atoms with Crippen molar-refractivity contribution in [3.05, 3.63) is 65.4 Å². The summed E-state index contributed by atoms with van der Waals surface area (Å²) in [6.45, 7) is 1.67. The van der Waals surface area contributed by atoms with Crippen LogP contribution in [-0.2, 0) is 0 Å². The van der Waals surface area contributed by atoms with Crippen molar-refractivity contribution in [2.75, 3.05) is 5.32 Å². The summed E-state index contributed by atoms with van der Waals surface area (Å²) in [7, 11) is 0. The zero-order valence-corrected chi connectivity index (χ0v) is 15.3. The van der Waals surface area contributed by atoms with Crippen LogP contribution in [0, 0.1) is 11.3 Å². The van der Waals surface area contributed by atoms with E-state index < -0.39 is 12.1 Å². The van der Waals surface area contributed by atoms with Gasteiger partial charge in [-0.15, -0.1) is 21.5 Å². The number of aliphatic hydroxyl groups excluding tert-OH is 1. The van der Waals surface area contributed by atoms with Gasteiger partial charge in [0.05, 0.1) is 16.4 Å². The molecule has 0 radical (unpaired) electrons. The fraction of sp³-hybridized carbons (Fsp3) is 0.150. The van der Waals surface area contributed by atoms with Crippen LogP contribution in [0.3, 0.4) is 0 Å². The maximum Gasteiger partial charge on any atom is 0.247 e. The van der Waals surface area contributed by atoms with Gasteiger partial charge in [-0.1, -0.05) is 18.2 Å². The molecule has 4 aromatic rings. The van der Waals surface area contributed by atoms with Gasteiger partial charge in [-0.25, -0.2) is 0 Å². The van der Waals surface area contributed by atoms with Gasteiger partial charge in [-0.2, -0.15) is 5.26 Å². The van der Waals surface area contributed by atoms with E-state index in [1.807, 2.05) is 47.8 Å². The molecule has 4 rings (SSSR count). The molecule has 0 saturated carbocycles. The number of nitrogens with zero attached hydrogens (tertiary/aromatic N) is 3. The molecular weight excluding hydrogens is 360 g/mol. The van der Waals surface area contributed by atoms with Crippen LogP contribution in [-0.4, -0.2) is 21.4 Å². The summed E-state index contributed by atoms with van der Waals surface area (Å²) in [5, 5.41) is 33.9. The molecule has 2 atom stereocenters. The Morgan fingerprint density at radius 2 is 1.96 bits per heavy atom. The topological polar surface area (TPSA) is 95.0 Å². The number of thiophene rings is 1. The number of anilines is 1. The summed E-state index contributed by atoms with van der Waals surface area (Å²) in [5.41, 5.74) is 2.25. The Labute approximate surface area is 159 Å². The molecule has 0 bridgehead atoms. The third kappa shape index (κ3) is 3.28. The Kier molecular flexibility index (Phi) is 4.59. The SMILES string of the molecule is C[C@@H](O)[C@@H](Nc1ccc(C#N)c2sccc12)c1nnc(-c2ccccc2)o1. The summed E-state index contributed by atoms with van der Waals surface area (Å²) < 4.78 is 6.71. The molecule has 6 nitrogen and oxygen atoms in total. The molecule has 0 aliphatic heterocycles. The second-order valence-corrected chi connectivity index (χ2v) is 7.03. The van der Waals surface area contributed by atoms with Crippen molar-refractivity contribution in [3.63, 3.8) is 0 Å². The predicted molar refractivity (Wildman–Crippen MR) is 104 cm³/mol. The van der Waals surface area contributed by atoms with Gasteiger partial charge < -0.3 is 14.8 Å². The van der Waals surface area contributed by atoms with Crippen molar-refractivity contribution < 1.29 is 9.52 Å². The van der Waals surface area contributed by atoms with Crippen LogP contribution in [0.4, 0.5) is 5.69 Å². The highest BCUT2D eigenvalue weighted by Crippen LogP contribution is 2.34. The molecule has 2 aromatic heterocycles. The molecule has 2 N–H and O–H groups in total. The standard InChI is InChI=1S/C20H16N4O2S/c1-12(25)17(20-24-23-19(26-20)13-5-3-2-4-6-13)22-16-8-7-14(11-21)18-15(16)9-10-27-18/h2-10,12,17,22,25H,1H3/t12-,17-/m1/s1. The van der Waals surface area contributed by atoms with Gasteiger partial charge in [0.1, 0.15) is 12.1 Å². The third-order valence-corrected chi connectivity index (χ3v) is 5.21. The number of nitriles is 1. The quantitative estimate of drug-likeness (QED) is 0.537. The zero-order chi connectivity index (χ0) is 18.8. The molecule has 2 aromatic carbocycles. The largest absolute Gasteiger partial charge is 0.418 e. The van der Waals surface area contributed by atoms with Crippen LogP contribution in [0.1, 0.15) is 24.4 Å². The monoisotopic (exact) mass is 376 g/mol. The van der Waals surface area contributed by atoms with E-state index in [9.17, 15) is 10.4 Å². The van der Waals surface area contributed by atoms with Crippen LogP contribution < -0.4 is 5.32 Å². The molecule has 0 aliphatic rings. The Balaban J connectivity index is 1.68. The average Bonchev–Trinajstić information content (AvgIpc) is 3.36. The highest BCUT2D eigenvalue weighted by Gasteiger charge is 2.25. The van der Waals surface area contributed by atoms with Crippen molar-refractivity contribution in [1.29, 1.82) is 5.26 Å². The first-order chi connectivity index (χ1) is 13.2. The fourth-order valence-corrected chi connectivity index (χ4v) is 3.78. The van der Waals surface area contributed by atoms with E-state index in [0.717, 1.165) is 21.3 Å². The second-order valence-electron chi connectivity index (χ2n) is 6.11. The number of aliphatic hydroxyl groups is 1. The van der Waals surface area contributed by atoms with E-state index >= 15 is 0 Å². The Hall–Kier alpha value is -3.21. The highest BCUT2D eigenvalue weighted by molar-refractivity contribution is 7.17. The predicted octanol–water partition coefficient (Wildman–Crippen LogP) is 4.36. The summed E-state index contributed by atoms with van der Waals surface area (Å²) in [4.78, 5) is 0. The Morgan fingerprint density at radius 3 is 2.70 bits per heavy atom. The van der Waals surface area contributed by atoms with Crippen molar-refractivity contribution >= 4 is 27.1 Å². The van der Waals surface area contributed by atoms with Crippen LogP contribution >= 0.6 is 11.3 Å².